The van der Waals surface area contributed by atoms with Gasteiger partial charge >= 0.3 is 0 Å². The van der Waals surface area contributed by atoms with Crippen LogP contribution in [0.4, 0.5) is 5.82 Å². The molecule has 2 aromatic carbocycles. The minimum absolute atomic E-state index is 0.0680. The number of nitrogens with two attached hydrogens (primary N) is 1. The summed E-state index contributed by atoms with van der Waals surface area (Å²) in [6.45, 7) is 6.85. The number of hydrogen-bond acceptors (Lipinski definition) is 6. The number of rotatable bonds is 5. The molecule has 5 rings (SSSR count). The number of imidazole rings is 1. The molecule has 0 spiro atoms. The van der Waals surface area contributed by atoms with E-state index in [1.54, 1.807) is 18.1 Å². The lowest BCUT2D eigenvalue weighted by molar-refractivity contribution is 0.235. The van der Waals surface area contributed by atoms with Gasteiger partial charge in [-0.25, -0.2) is 4.98 Å². The van der Waals surface area contributed by atoms with Crippen LogP contribution in [0.25, 0.3) is 11.2 Å². The van der Waals surface area contributed by atoms with Gasteiger partial charge in [0.05, 0.1) is 17.4 Å². The number of aliphatic hydroxyl groups is 1. The maximum Gasteiger partial charge on any atom is 0.226 e. The van der Waals surface area contributed by atoms with Crippen LogP contribution in [0.2, 0.25) is 10.3 Å². The van der Waals surface area contributed by atoms with Crippen molar-refractivity contribution in [3.8, 4) is 0 Å². The van der Waals surface area contributed by atoms with Gasteiger partial charge in [-0.3, -0.25) is 0 Å². The lowest BCUT2D eigenvalue weighted by Crippen LogP contribution is -2.73. The van der Waals surface area contributed by atoms with E-state index in [4.69, 9.17) is 17.3 Å². The van der Waals surface area contributed by atoms with Crippen LogP contribution in [0.3, 0.4) is 0 Å². The van der Waals surface area contributed by atoms with Crippen molar-refractivity contribution in [1.29, 1.82) is 0 Å². The predicted octanol–water partition coefficient (Wildman–Crippen LogP) is 4.42. The molecular formula is C26H30ClN5OSSi. The molecule has 1 aliphatic heterocycles. The Hall–Kier alpha value is -2.39. The van der Waals surface area contributed by atoms with Gasteiger partial charge in [0, 0.05) is 5.25 Å². The van der Waals surface area contributed by atoms with Gasteiger partial charge in [-0.2, -0.15) is 9.97 Å². The van der Waals surface area contributed by atoms with Crippen molar-refractivity contribution in [2.75, 3.05) is 5.73 Å². The summed E-state index contributed by atoms with van der Waals surface area (Å²) in [6, 6.07) is 21.3. The van der Waals surface area contributed by atoms with Crippen LogP contribution in [0, 0.1) is 0 Å². The van der Waals surface area contributed by atoms with Gasteiger partial charge in [-0.1, -0.05) is 91.8 Å². The van der Waals surface area contributed by atoms with E-state index >= 15 is 0 Å². The molecule has 4 aromatic rings. The SMILES string of the molecule is CC(C)(C)[Si](c1ccccc1)(c1ccccc1)C(O)[C@H]1CC[C@@H](n2cnc3c(N)nc(Cl)nc32)S1. The summed E-state index contributed by atoms with van der Waals surface area (Å²) in [5, 5.41) is 15.0. The maximum absolute atomic E-state index is 12.4. The van der Waals surface area contributed by atoms with E-state index in [9.17, 15) is 5.11 Å². The first-order valence-corrected chi connectivity index (χ1v) is 15.2. The van der Waals surface area contributed by atoms with Gasteiger partial charge in [0.25, 0.3) is 0 Å². The van der Waals surface area contributed by atoms with Crippen LogP contribution in [0.5, 0.6) is 0 Å². The van der Waals surface area contributed by atoms with Crippen molar-refractivity contribution in [3.05, 3.63) is 72.3 Å². The highest BCUT2D eigenvalue weighted by molar-refractivity contribution is 8.00. The summed E-state index contributed by atoms with van der Waals surface area (Å²) >= 11 is 7.90. The molecule has 3 heterocycles. The van der Waals surface area contributed by atoms with E-state index in [2.05, 4.69) is 84.3 Å². The number of fused-ring (bicyclic) bond motifs is 1. The third-order valence-electron chi connectivity index (χ3n) is 7.20. The Morgan fingerprint density at radius 1 is 1.03 bits per heavy atom. The zero-order chi connectivity index (χ0) is 24.8. The van der Waals surface area contributed by atoms with E-state index in [1.807, 2.05) is 16.7 Å². The van der Waals surface area contributed by atoms with Crippen LogP contribution >= 0.6 is 23.4 Å². The summed E-state index contributed by atoms with van der Waals surface area (Å²) in [4.78, 5) is 12.9. The van der Waals surface area contributed by atoms with Gasteiger partial charge in [-0.05, 0) is 29.5 Å². The van der Waals surface area contributed by atoms with Crippen molar-refractivity contribution in [1.82, 2.24) is 19.5 Å². The molecule has 3 atom stereocenters. The molecule has 182 valence electrons. The van der Waals surface area contributed by atoms with Crippen LogP contribution < -0.4 is 16.1 Å². The fraction of sp³-hybridized carbons (Fsp3) is 0.346. The second kappa shape index (κ2) is 9.24. The number of hydrogen-bond donors (Lipinski definition) is 2. The fourth-order valence-corrected chi connectivity index (χ4v) is 13.9. The Morgan fingerprint density at radius 2 is 1.63 bits per heavy atom. The standard InChI is InChI=1S/C26H30ClN5OSSi/c1-26(2,3)35(17-10-6-4-7-11-17,18-12-8-5-9-13-18)24(33)19-14-15-20(34-19)32-16-29-21-22(28)30-25(27)31-23(21)32/h4-13,16,19-20,24,33H,14-15H2,1-3H3,(H2,28,30,31)/t19-,20+,24?/m1/s1. The molecule has 1 saturated heterocycles. The first kappa shape index (κ1) is 24.3. The Balaban J connectivity index is 1.56. The number of aliphatic hydroxyl groups excluding tert-OH is 1. The third-order valence-corrected chi connectivity index (χ3v) is 15.4. The minimum Gasteiger partial charge on any atom is -0.395 e. The molecule has 35 heavy (non-hydrogen) atoms. The second-order valence-electron chi connectivity index (χ2n) is 10.1. The molecule has 1 fully saturated rings. The highest BCUT2D eigenvalue weighted by atomic mass is 35.5. The van der Waals surface area contributed by atoms with Crippen molar-refractivity contribution >= 4 is 58.8 Å². The van der Waals surface area contributed by atoms with E-state index in [0.717, 1.165) is 12.8 Å². The highest BCUT2D eigenvalue weighted by Gasteiger charge is 2.56. The Labute approximate surface area is 216 Å². The maximum atomic E-state index is 12.4. The van der Waals surface area contributed by atoms with Gasteiger partial charge < -0.3 is 15.4 Å². The van der Waals surface area contributed by atoms with Gasteiger partial charge in [0.2, 0.25) is 5.28 Å². The molecular weight excluding hydrogens is 494 g/mol. The van der Waals surface area contributed by atoms with Crippen molar-refractivity contribution in [2.24, 2.45) is 0 Å². The molecule has 9 heteroatoms. The molecule has 0 radical (unpaired) electrons. The minimum atomic E-state index is -2.66. The van der Waals surface area contributed by atoms with Gasteiger partial charge in [0.1, 0.15) is 5.52 Å². The molecule has 6 nitrogen and oxygen atoms in total. The van der Waals surface area contributed by atoms with E-state index in [0.29, 0.717) is 11.2 Å². The van der Waals surface area contributed by atoms with E-state index < -0.39 is 13.8 Å². The summed E-state index contributed by atoms with van der Waals surface area (Å²) in [5.74, 6) is 0.283. The lowest BCUT2D eigenvalue weighted by Gasteiger charge is -2.48. The van der Waals surface area contributed by atoms with E-state index in [1.165, 1.54) is 10.4 Å². The predicted molar refractivity (Wildman–Crippen MR) is 148 cm³/mol. The number of aromatic nitrogens is 4. The summed E-state index contributed by atoms with van der Waals surface area (Å²) in [5.41, 5.74) is 6.74. The number of thioether (sulfide) groups is 1. The Kier molecular flexibility index (Phi) is 6.42. The van der Waals surface area contributed by atoms with Crippen molar-refractivity contribution < 1.29 is 5.11 Å². The topological polar surface area (TPSA) is 89.8 Å². The van der Waals surface area contributed by atoms with Crippen LogP contribution in [0.15, 0.2) is 67.0 Å². The van der Waals surface area contributed by atoms with Gasteiger partial charge in [-0.15, -0.1) is 11.8 Å². The van der Waals surface area contributed by atoms with E-state index in [-0.39, 0.29) is 26.8 Å². The molecule has 0 saturated carbocycles. The molecule has 0 bridgehead atoms. The molecule has 3 N–H and O–H groups in total. The van der Waals surface area contributed by atoms with Crippen molar-refractivity contribution in [3.63, 3.8) is 0 Å². The summed E-state index contributed by atoms with van der Waals surface area (Å²) in [6.07, 6.45) is 3.56. The number of halogens is 1. The lowest BCUT2D eigenvalue weighted by atomic mass is 10.2. The monoisotopic (exact) mass is 523 g/mol. The summed E-state index contributed by atoms with van der Waals surface area (Å²) in [7, 11) is -2.66. The largest absolute Gasteiger partial charge is 0.395 e. The molecule has 0 aliphatic carbocycles. The summed E-state index contributed by atoms with van der Waals surface area (Å²) < 4.78 is 2.03. The molecule has 0 amide bonds. The smallest absolute Gasteiger partial charge is 0.226 e. The van der Waals surface area contributed by atoms with Crippen LogP contribution in [-0.4, -0.2) is 43.7 Å². The van der Waals surface area contributed by atoms with Crippen LogP contribution in [0.1, 0.15) is 39.0 Å². The molecule has 2 aromatic heterocycles. The normalized spacial score (nSPS) is 19.8. The zero-order valence-electron chi connectivity index (χ0n) is 20.1. The number of anilines is 1. The third kappa shape index (κ3) is 4.06. The highest BCUT2D eigenvalue weighted by Crippen LogP contribution is 2.48. The average Bonchev–Trinajstić information content (AvgIpc) is 3.47. The quantitative estimate of drug-likeness (QED) is 0.297. The molecule has 1 unspecified atom stereocenters. The Morgan fingerprint density at radius 3 is 2.20 bits per heavy atom. The number of nitrogen functional groups attached to an aromatic ring is 1. The van der Waals surface area contributed by atoms with Crippen LogP contribution in [-0.2, 0) is 0 Å². The van der Waals surface area contributed by atoms with Crippen molar-refractivity contribution in [2.45, 2.75) is 55.0 Å². The average molecular weight is 524 g/mol. The van der Waals surface area contributed by atoms with Gasteiger partial charge in [0.15, 0.2) is 19.5 Å². The first-order chi connectivity index (χ1) is 16.7. The zero-order valence-corrected chi connectivity index (χ0v) is 22.7. The molecule has 1 aliphatic rings. The Bertz CT molecular complexity index is 1290. The number of benzene rings is 2. The number of nitrogens with zero attached hydrogens (tertiary/aromatic N) is 4. The first-order valence-electron chi connectivity index (χ1n) is 11.8. The second-order valence-corrected chi connectivity index (χ2v) is 16.8. The fourth-order valence-electron chi connectivity index (χ4n) is 5.70.